The molecule has 0 saturated carbocycles. The Kier molecular flexibility index (Phi) is 11.5. The van der Waals surface area contributed by atoms with Crippen LogP contribution in [0.15, 0.2) is 88.2 Å². The Morgan fingerprint density at radius 2 is 1.51 bits per heavy atom. The zero-order valence-corrected chi connectivity index (χ0v) is 25.4. The highest BCUT2D eigenvalue weighted by molar-refractivity contribution is 5.79. The highest BCUT2D eigenvalue weighted by Crippen LogP contribution is 2.25. The highest BCUT2D eigenvalue weighted by Gasteiger charge is 2.08. The van der Waals surface area contributed by atoms with E-state index in [1.165, 1.54) is 6.07 Å². The van der Waals surface area contributed by atoms with Gasteiger partial charge in [0.05, 0.1) is 50.7 Å². The molecule has 0 amide bonds. The highest BCUT2D eigenvalue weighted by atomic mass is 16.5. The largest absolute Gasteiger partial charge is 0.494 e. The molecule has 0 radical (unpaired) electrons. The second-order valence-corrected chi connectivity index (χ2v) is 10.5. The number of hydrogen-bond acceptors (Lipinski definition) is 9. The van der Waals surface area contributed by atoms with Crippen LogP contribution in [-0.4, -0.2) is 60.9 Å². The Morgan fingerprint density at radius 1 is 0.800 bits per heavy atom. The SMILES string of the molecule is Cc1ccc2oc(-c3ccc(OCCOCCOCCn4cc(CCCCOc5ccc(C=O)cc5)nn4)cc3)cc(=O)c2c1. The summed E-state index contributed by atoms with van der Waals surface area (Å²) in [6, 6.07) is 21.7. The summed E-state index contributed by atoms with van der Waals surface area (Å²) >= 11 is 0. The molecule has 0 spiro atoms. The van der Waals surface area contributed by atoms with Crippen LogP contribution in [0.25, 0.3) is 22.3 Å². The van der Waals surface area contributed by atoms with Gasteiger partial charge in [-0.2, -0.15) is 0 Å². The number of rotatable bonds is 18. The van der Waals surface area contributed by atoms with Crippen molar-refractivity contribution < 1.29 is 28.2 Å². The van der Waals surface area contributed by atoms with Crippen LogP contribution in [0.1, 0.15) is 34.5 Å². The van der Waals surface area contributed by atoms with Gasteiger partial charge in [0.25, 0.3) is 0 Å². The number of hydrogen-bond donors (Lipinski definition) is 0. The van der Waals surface area contributed by atoms with Crippen molar-refractivity contribution in [2.24, 2.45) is 0 Å². The quantitative estimate of drug-likeness (QED) is 0.0911. The maximum Gasteiger partial charge on any atom is 0.193 e. The Hall–Kier alpha value is -4.80. The maximum absolute atomic E-state index is 12.5. The van der Waals surface area contributed by atoms with E-state index in [9.17, 15) is 9.59 Å². The average molecular weight is 612 g/mol. The van der Waals surface area contributed by atoms with Gasteiger partial charge in [0.15, 0.2) is 5.43 Å². The molecule has 0 unspecified atom stereocenters. The number of aryl methyl sites for hydroxylation is 2. The van der Waals surface area contributed by atoms with Gasteiger partial charge in [-0.25, -0.2) is 4.68 Å². The summed E-state index contributed by atoms with van der Waals surface area (Å²) in [6.45, 7) is 5.49. The van der Waals surface area contributed by atoms with E-state index in [1.54, 1.807) is 28.9 Å². The molecule has 0 atom stereocenters. The van der Waals surface area contributed by atoms with E-state index >= 15 is 0 Å². The minimum Gasteiger partial charge on any atom is -0.494 e. The lowest BCUT2D eigenvalue weighted by Crippen LogP contribution is -2.13. The number of nitrogens with zero attached hydrogens (tertiary/aromatic N) is 3. The van der Waals surface area contributed by atoms with Crippen LogP contribution in [0.4, 0.5) is 0 Å². The van der Waals surface area contributed by atoms with E-state index < -0.39 is 0 Å². The number of fused-ring (bicyclic) bond motifs is 1. The van der Waals surface area contributed by atoms with E-state index in [2.05, 4.69) is 10.3 Å². The Labute approximate surface area is 261 Å². The predicted octanol–water partition coefficient (Wildman–Crippen LogP) is 5.69. The molecule has 0 fully saturated rings. The topological polar surface area (TPSA) is 115 Å². The van der Waals surface area contributed by atoms with Crippen LogP contribution < -0.4 is 14.9 Å². The summed E-state index contributed by atoms with van der Waals surface area (Å²) in [7, 11) is 0. The summed E-state index contributed by atoms with van der Waals surface area (Å²) in [5, 5.41) is 8.98. The number of aldehydes is 1. The molecule has 45 heavy (non-hydrogen) atoms. The van der Waals surface area contributed by atoms with E-state index in [4.69, 9.17) is 23.4 Å². The zero-order chi connectivity index (χ0) is 31.3. The second-order valence-electron chi connectivity index (χ2n) is 10.5. The summed E-state index contributed by atoms with van der Waals surface area (Å²) in [5.41, 5.74) is 3.92. The first kappa shape index (κ1) is 31.6. The molecule has 0 N–H and O–H groups in total. The minimum atomic E-state index is -0.0601. The lowest BCUT2D eigenvalue weighted by molar-refractivity contribution is 0.0333. The van der Waals surface area contributed by atoms with Gasteiger partial charge in [-0.05, 0) is 86.8 Å². The number of carbonyl (C=O) groups is 1. The molecule has 5 aromatic rings. The number of carbonyl (C=O) groups excluding carboxylic acids is 1. The third-order valence-corrected chi connectivity index (χ3v) is 7.05. The fourth-order valence-corrected chi connectivity index (χ4v) is 4.63. The minimum absolute atomic E-state index is 0.0601. The average Bonchev–Trinajstić information content (AvgIpc) is 3.52. The normalized spacial score (nSPS) is 11.1. The fourth-order valence-electron chi connectivity index (χ4n) is 4.63. The molecule has 10 heteroatoms. The van der Waals surface area contributed by atoms with Gasteiger partial charge in [-0.15, -0.1) is 5.10 Å². The summed E-state index contributed by atoms with van der Waals surface area (Å²) in [4.78, 5) is 23.2. The molecule has 0 saturated heterocycles. The van der Waals surface area contributed by atoms with Gasteiger partial charge in [0, 0.05) is 23.4 Å². The van der Waals surface area contributed by atoms with Crippen molar-refractivity contribution in [2.75, 3.05) is 39.6 Å². The Morgan fingerprint density at radius 3 is 2.29 bits per heavy atom. The Bertz CT molecular complexity index is 1710. The van der Waals surface area contributed by atoms with Gasteiger partial charge in [0.1, 0.15) is 35.7 Å². The van der Waals surface area contributed by atoms with Crippen LogP contribution in [0.3, 0.4) is 0 Å². The second kappa shape index (κ2) is 16.3. The van der Waals surface area contributed by atoms with Crippen LogP contribution in [0.5, 0.6) is 11.5 Å². The smallest absolute Gasteiger partial charge is 0.193 e. The molecule has 0 aliphatic carbocycles. The number of ether oxygens (including phenoxy) is 4. The first-order valence-corrected chi connectivity index (χ1v) is 15.1. The monoisotopic (exact) mass is 611 g/mol. The molecule has 5 rings (SSSR count). The molecule has 234 valence electrons. The van der Waals surface area contributed by atoms with Gasteiger partial charge in [-0.1, -0.05) is 16.8 Å². The predicted molar refractivity (Wildman–Crippen MR) is 170 cm³/mol. The first-order chi connectivity index (χ1) is 22.1. The van der Waals surface area contributed by atoms with E-state index in [0.717, 1.165) is 48.1 Å². The van der Waals surface area contributed by atoms with E-state index in [-0.39, 0.29) is 5.43 Å². The van der Waals surface area contributed by atoms with Gasteiger partial charge in [0.2, 0.25) is 0 Å². The molecule has 2 aromatic heterocycles. The zero-order valence-electron chi connectivity index (χ0n) is 25.4. The lowest BCUT2D eigenvalue weighted by atomic mass is 10.1. The molecular formula is C35H37N3O7. The van der Waals surface area contributed by atoms with Crippen LogP contribution in [0, 0.1) is 6.92 Å². The van der Waals surface area contributed by atoms with Crippen LogP contribution in [0.2, 0.25) is 0 Å². The van der Waals surface area contributed by atoms with Crippen molar-refractivity contribution in [1.29, 1.82) is 0 Å². The van der Waals surface area contributed by atoms with Gasteiger partial charge < -0.3 is 23.4 Å². The summed E-state index contributed by atoms with van der Waals surface area (Å²) in [6.07, 6.45) is 5.43. The van der Waals surface area contributed by atoms with Crippen molar-refractivity contribution in [3.05, 3.63) is 106 Å². The molecule has 2 heterocycles. The number of unbranched alkanes of at least 4 members (excludes halogenated alkanes) is 1. The van der Waals surface area contributed by atoms with Crippen molar-refractivity contribution in [2.45, 2.75) is 32.7 Å². The standard InChI is InChI=1S/C35H37N3O7/c1-26-5-14-34-32(22-26)33(40)23-35(45-34)28-8-12-31(13-9-28)44-21-20-42-19-18-41-17-15-38-24-29(36-37-38)4-2-3-16-43-30-10-6-27(25-39)7-11-30/h5-14,22-25H,2-4,15-21H2,1H3. The third kappa shape index (κ3) is 9.59. The van der Waals surface area contributed by atoms with Crippen molar-refractivity contribution in [3.8, 4) is 22.8 Å². The maximum atomic E-state index is 12.5. The third-order valence-electron chi connectivity index (χ3n) is 7.05. The molecule has 0 aliphatic heterocycles. The summed E-state index contributed by atoms with van der Waals surface area (Å²) < 4.78 is 30.5. The van der Waals surface area contributed by atoms with Gasteiger partial charge in [-0.3, -0.25) is 9.59 Å². The first-order valence-electron chi connectivity index (χ1n) is 15.1. The molecular weight excluding hydrogens is 574 g/mol. The van der Waals surface area contributed by atoms with E-state index in [1.807, 2.05) is 55.6 Å². The Balaban J connectivity index is 0.893. The number of aromatic nitrogens is 3. The van der Waals surface area contributed by atoms with E-state index in [0.29, 0.717) is 74.2 Å². The molecule has 0 aliphatic rings. The lowest BCUT2D eigenvalue weighted by Gasteiger charge is -2.09. The molecule has 0 bridgehead atoms. The van der Waals surface area contributed by atoms with Gasteiger partial charge >= 0.3 is 0 Å². The van der Waals surface area contributed by atoms with Crippen LogP contribution >= 0.6 is 0 Å². The number of benzene rings is 3. The van der Waals surface area contributed by atoms with Crippen LogP contribution in [-0.2, 0) is 22.4 Å². The van der Waals surface area contributed by atoms with Crippen molar-refractivity contribution >= 4 is 17.3 Å². The van der Waals surface area contributed by atoms with Crippen molar-refractivity contribution in [1.82, 2.24) is 15.0 Å². The molecule has 3 aromatic carbocycles. The fraction of sp³-hybridized carbons (Fsp3) is 0.314. The molecule has 10 nitrogen and oxygen atoms in total. The summed E-state index contributed by atoms with van der Waals surface area (Å²) in [5.74, 6) is 1.99. The van der Waals surface area contributed by atoms with Crippen molar-refractivity contribution in [3.63, 3.8) is 0 Å².